The minimum Gasteiger partial charge on any atom is -0.756 e. The topological polar surface area (TPSA) is 114 Å². The molecule has 10 heteroatoms. The first-order chi connectivity index (χ1) is 38.9. The summed E-state index contributed by atoms with van der Waals surface area (Å²) in [5.41, 5.74) is 0. The monoisotopic (exact) mass is 1140 g/mol. The average molecular weight is 1140 g/mol. The number of allylic oxidation sites excluding steroid dienone is 11. The van der Waals surface area contributed by atoms with Gasteiger partial charge < -0.3 is 28.5 Å². The van der Waals surface area contributed by atoms with Crippen LogP contribution in [0.3, 0.4) is 0 Å². The molecule has 9 nitrogen and oxygen atoms in total. The van der Waals surface area contributed by atoms with Crippen molar-refractivity contribution in [1.29, 1.82) is 0 Å². The molecule has 0 radical (unpaired) electrons. The SMILES string of the molecule is CC/C=C\C/C=C\C/C=C\C/C=C\C/C=C\CCCCCCCC(=O)OC(/C=C/CCCCCCCCCCCC)C(COP(=O)([O-])OCC[N+](C)(C)C)NC(=O)CCCCCCCCCCCCCCCCCCCCCCC. The average Bonchev–Trinajstić information content (AvgIpc) is 3.42. The Balaban J connectivity index is 5.18. The van der Waals surface area contributed by atoms with Gasteiger partial charge in [0.05, 0.1) is 33.8 Å². The number of nitrogens with zero attached hydrogens (tertiary/aromatic N) is 1. The van der Waals surface area contributed by atoms with Crippen molar-refractivity contribution in [3.8, 4) is 0 Å². The van der Waals surface area contributed by atoms with Crippen LogP contribution in [0.2, 0.25) is 0 Å². The first kappa shape index (κ1) is 77.5. The molecule has 0 aromatic rings. The molecule has 0 aromatic carbocycles. The quantitative estimate of drug-likeness (QED) is 0.0212. The van der Waals surface area contributed by atoms with E-state index in [1.165, 1.54) is 167 Å². The number of hydrogen-bond donors (Lipinski definition) is 1. The zero-order chi connectivity index (χ0) is 58.6. The van der Waals surface area contributed by atoms with Crippen LogP contribution in [0.25, 0.3) is 0 Å². The molecule has 0 aromatic heterocycles. The third-order valence-electron chi connectivity index (χ3n) is 14.9. The maximum Gasteiger partial charge on any atom is 0.306 e. The Morgan fingerprint density at radius 1 is 0.450 bits per heavy atom. The van der Waals surface area contributed by atoms with Gasteiger partial charge >= 0.3 is 5.97 Å². The van der Waals surface area contributed by atoms with E-state index in [0.29, 0.717) is 23.9 Å². The summed E-state index contributed by atoms with van der Waals surface area (Å²) in [6.45, 7) is 6.75. The second-order valence-electron chi connectivity index (χ2n) is 24.0. The van der Waals surface area contributed by atoms with Gasteiger partial charge in [0, 0.05) is 12.8 Å². The predicted octanol–water partition coefficient (Wildman–Crippen LogP) is 20.5. The van der Waals surface area contributed by atoms with E-state index in [2.05, 4.69) is 86.8 Å². The van der Waals surface area contributed by atoms with Crippen LogP contribution < -0.4 is 10.2 Å². The first-order valence-electron chi connectivity index (χ1n) is 33.7. The van der Waals surface area contributed by atoms with Crippen molar-refractivity contribution in [1.82, 2.24) is 5.32 Å². The van der Waals surface area contributed by atoms with Gasteiger partial charge in [-0.2, -0.15) is 0 Å². The van der Waals surface area contributed by atoms with Gasteiger partial charge in [-0.25, -0.2) is 0 Å². The van der Waals surface area contributed by atoms with Gasteiger partial charge in [-0.3, -0.25) is 14.2 Å². The first-order valence-corrected chi connectivity index (χ1v) is 35.2. The summed E-state index contributed by atoms with van der Waals surface area (Å²) in [5.74, 6) is -0.553. The number of hydrogen-bond acceptors (Lipinski definition) is 7. The Labute approximate surface area is 495 Å². The third-order valence-corrected chi connectivity index (χ3v) is 15.9. The molecule has 0 saturated carbocycles. The number of esters is 1. The molecule has 0 rings (SSSR count). The van der Waals surface area contributed by atoms with Crippen LogP contribution in [0.15, 0.2) is 72.9 Å². The molecular weight excluding hydrogens is 1010 g/mol. The van der Waals surface area contributed by atoms with Gasteiger partial charge in [-0.05, 0) is 76.7 Å². The molecule has 0 fully saturated rings. The molecule has 1 amide bonds. The molecule has 3 atom stereocenters. The highest BCUT2D eigenvalue weighted by atomic mass is 31.2. The number of carbonyl (C=O) groups excluding carboxylic acids is 2. The van der Waals surface area contributed by atoms with Gasteiger partial charge in [0.25, 0.3) is 7.82 Å². The lowest BCUT2D eigenvalue weighted by atomic mass is 10.0. The van der Waals surface area contributed by atoms with Crippen LogP contribution >= 0.6 is 7.82 Å². The lowest BCUT2D eigenvalue weighted by Gasteiger charge is -2.30. The van der Waals surface area contributed by atoms with E-state index >= 15 is 0 Å². The lowest BCUT2D eigenvalue weighted by Crippen LogP contribution is -2.47. The van der Waals surface area contributed by atoms with Gasteiger partial charge in [-0.1, -0.05) is 293 Å². The summed E-state index contributed by atoms with van der Waals surface area (Å²) in [4.78, 5) is 40.1. The third kappa shape index (κ3) is 60.1. The smallest absolute Gasteiger partial charge is 0.306 e. The Hall–Kier alpha value is -2.55. The van der Waals surface area contributed by atoms with Crippen molar-refractivity contribution >= 4 is 19.7 Å². The number of phosphoric ester groups is 1. The fourth-order valence-electron chi connectivity index (χ4n) is 9.73. The Morgan fingerprint density at radius 3 is 1.20 bits per heavy atom. The Morgan fingerprint density at radius 2 is 0.800 bits per heavy atom. The number of carbonyl (C=O) groups is 2. The van der Waals surface area contributed by atoms with E-state index in [1.54, 1.807) is 0 Å². The largest absolute Gasteiger partial charge is 0.756 e. The predicted molar refractivity (Wildman–Crippen MR) is 344 cm³/mol. The second kappa shape index (κ2) is 59.6. The van der Waals surface area contributed by atoms with Crippen molar-refractivity contribution in [2.45, 2.75) is 322 Å². The number of rotatable bonds is 61. The molecule has 0 aliphatic rings. The van der Waals surface area contributed by atoms with Crippen LogP contribution in [0.4, 0.5) is 0 Å². The lowest BCUT2D eigenvalue weighted by molar-refractivity contribution is -0.870. The molecule has 466 valence electrons. The molecule has 0 aliphatic carbocycles. The molecule has 0 heterocycles. The fourth-order valence-corrected chi connectivity index (χ4v) is 10.5. The van der Waals surface area contributed by atoms with Gasteiger partial charge in [0.1, 0.15) is 19.3 Å². The van der Waals surface area contributed by atoms with E-state index in [0.717, 1.165) is 103 Å². The fraction of sp³-hybridized carbons (Fsp3) is 0.800. The molecule has 80 heavy (non-hydrogen) atoms. The van der Waals surface area contributed by atoms with Gasteiger partial charge in [0.15, 0.2) is 0 Å². The maximum absolute atomic E-state index is 13.6. The standard InChI is InChI=1S/C70H129N2O7P/c1-7-10-13-16-19-22-25-28-30-32-34-36-38-40-42-44-47-50-53-56-59-62-69(73)71-67(66-78-80(75,76)77-65-64-72(4,5)6)68(61-58-55-52-49-46-27-24-21-18-15-12-9-3)79-70(74)63-60-57-54-51-48-45-43-41-39-37-35-33-31-29-26-23-20-17-14-11-8-2/h11,14,20,23,29,31,35,37,41,43,58,61,67-68H,7-10,12-13,15-19,21-22,24-28,30,32-34,36,38-40,42,44-57,59-60,62-66H2,1-6H3,(H-,71,73,75,76)/b14-11-,23-20-,31-29-,37-35-,43-41-,61-58+. The summed E-state index contributed by atoms with van der Waals surface area (Å²) < 4.78 is 30.4. The number of ether oxygens (including phenoxy) is 1. The van der Waals surface area contributed by atoms with Crippen LogP contribution in [-0.2, 0) is 27.9 Å². The summed E-state index contributed by atoms with van der Waals surface area (Å²) in [6.07, 6.45) is 77.3. The van der Waals surface area contributed by atoms with Crippen LogP contribution in [-0.4, -0.2) is 69.4 Å². The van der Waals surface area contributed by atoms with E-state index in [1.807, 2.05) is 33.3 Å². The second-order valence-corrected chi connectivity index (χ2v) is 25.4. The van der Waals surface area contributed by atoms with Gasteiger partial charge in [-0.15, -0.1) is 0 Å². The minimum absolute atomic E-state index is 0.0265. The van der Waals surface area contributed by atoms with Crippen LogP contribution in [0, 0.1) is 0 Å². The molecule has 0 bridgehead atoms. The molecular formula is C70H129N2O7P. The highest BCUT2D eigenvalue weighted by Gasteiger charge is 2.27. The van der Waals surface area contributed by atoms with Crippen molar-refractivity contribution in [2.75, 3.05) is 40.9 Å². The number of quaternary nitrogens is 1. The van der Waals surface area contributed by atoms with E-state index in [-0.39, 0.29) is 24.9 Å². The number of unbranched alkanes of at least 4 members (excludes halogenated alkanes) is 35. The zero-order valence-corrected chi connectivity index (χ0v) is 54.2. The molecule has 3 unspecified atom stereocenters. The molecule has 0 spiro atoms. The number of nitrogens with one attached hydrogen (secondary N) is 1. The van der Waals surface area contributed by atoms with Crippen molar-refractivity contribution in [2.24, 2.45) is 0 Å². The summed E-state index contributed by atoms with van der Waals surface area (Å²) >= 11 is 0. The van der Waals surface area contributed by atoms with E-state index < -0.39 is 26.6 Å². The van der Waals surface area contributed by atoms with Crippen molar-refractivity contribution < 1.29 is 37.3 Å². The summed E-state index contributed by atoms with van der Waals surface area (Å²) in [5, 5.41) is 3.04. The van der Waals surface area contributed by atoms with Crippen molar-refractivity contribution in [3.63, 3.8) is 0 Å². The number of amides is 1. The summed E-state index contributed by atoms with van der Waals surface area (Å²) in [6, 6.07) is -0.898. The Kier molecular flexibility index (Phi) is 57.7. The Bertz CT molecular complexity index is 1600. The van der Waals surface area contributed by atoms with E-state index in [4.69, 9.17) is 13.8 Å². The molecule has 0 aliphatic heterocycles. The minimum atomic E-state index is -4.71. The van der Waals surface area contributed by atoms with Crippen molar-refractivity contribution in [3.05, 3.63) is 72.9 Å². The van der Waals surface area contributed by atoms with Crippen LogP contribution in [0.1, 0.15) is 310 Å². The number of likely N-dealkylation sites (N-methyl/N-ethyl adjacent to an activating group) is 1. The highest BCUT2D eigenvalue weighted by molar-refractivity contribution is 7.45. The molecule has 0 saturated heterocycles. The van der Waals surface area contributed by atoms with E-state index in [9.17, 15) is 19.0 Å². The normalized spacial score (nSPS) is 14.0. The van der Waals surface area contributed by atoms with Crippen LogP contribution in [0.5, 0.6) is 0 Å². The molecule has 1 N–H and O–H groups in total. The maximum atomic E-state index is 13.6. The summed E-state index contributed by atoms with van der Waals surface area (Å²) in [7, 11) is 1.18. The number of phosphoric acid groups is 1. The zero-order valence-electron chi connectivity index (χ0n) is 53.3. The highest BCUT2D eigenvalue weighted by Crippen LogP contribution is 2.38. The van der Waals surface area contributed by atoms with Gasteiger partial charge in [0.2, 0.25) is 5.91 Å².